The highest BCUT2D eigenvalue weighted by molar-refractivity contribution is 5.73. The van der Waals surface area contributed by atoms with Gasteiger partial charge in [0, 0.05) is 18.9 Å². The van der Waals surface area contributed by atoms with Crippen LogP contribution in [0.4, 0.5) is 23.5 Å². The van der Waals surface area contributed by atoms with E-state index in [1.165, 1.54) is 12.4 Å². The number of anilines is 1. The van der Waals surface area contributed by atoms with E-state index < -0.39 is 18.0 Å². The predicted molar refractivity (Wildman–Crippen MR) is 98.6 cm³/mol. The normalized spacial score (nSPS) is 23.0. The van der Waals surface area contributed by atoms with Crippen LogP contribution < -0.4 is 4.90 Å². The molecule has 1 N–H and O–H groups in total. The number of aliphatic carboxylic acids is 1. The van der Waals surface area contributed by atoms with Gasteiger partial charge in [-0.3, -0.25) is 4.98 Å². The van der Waals surface area contributed by atoms with Crippen LogP contribution in [0.1, 0.15) is 18.4 Å². The molecule has 2 aromatic heterocycles. The highest BCUT2D eigenvalue weighted by Gasteiger charge is 2.44. The Morgan fingerprint density at radius 3 is 2.58 bits per heavy atom. The second kappa shape index (κ2) is 9.96. The lowest BCUT2D eigenvalue weighted by atomic mass is 10.1. The number of rotatable bonds is 4. The van der Waals surface area contributed by atoms with Crippen molar-refractivity contribution in [2.45, 2.75) is 43.9 Å². The van der Waals surface area contributed by atoms with Gasteiger partial charge in [0.15, 0.2) is 5.82 Å². The number of halogens is 4. The number of aromatic nitrogens is 3. The molecule has 8 nitrogen and oxygen atoms in total. The SMILES string of the molecule is Fc1cnc(N2CCOC3CCC2C3OCc2cccnc2)nc1.O=C(O)C(F)(F)F. The number of hydrogen-bond acceptors (Lipinski definition) is 7. The minimum Gasteiger partial charge on any atom is -0.475 e. The van der Waals surface area contributed by atoms with Crippen LogP contribution in [0, 0.1) is 5.82 Å². The summed E-state index contributed by atoms with van der Waals surface area (Å²) >= 11 is 0. The molecule has 0 amide bonds. The Labute approximate surface area is 174 Å². The number of carbonyl (C=O) groups is 1. The van der Waals surface area contributed by atoms with Crippen molar-refractivity contribution >= 4 is 11.9 Å². The van der Waals surface area contributed by atoms with E-state index in [0.717, 1.165) is 18.4 Å². The van der Waals surface area contributed by atoms with E-state index in [0.29, 0.717) is 25.7 Å². The highest BCUT2D eigenvalue weighted by Crippen LogP contribution is 2.34. The number of fused-ring (bicyclic) bond motifs is 2. The van der Waals surface area contributed by atoms with E-state index in [-0.39, 0.29) is 18.2 Å². The van der Waals surface area contributed by atoms with E-state index in [2.05, 4.69) is 19.9 Å². The standard InChI is InChI=1S/C17H19FN4O2.C2HF3O2/c18-13-9-20-17(21-10-13)22-6-7-23-15-4-3-14(22)16(15)24-11-12-2-1-5-19-8-12;3-2(4,5)1(6)7/h1-2,5,8-10,14-16H,3-4,6-7,11H2;(H,6,7). The summed E-state index contributed by atoms with van der Waals surface area (Å²) in [5, 5.41) is 7.12. The molecule has 12 heteroatoms. The van der Waals surface area contributed by atoms with Gasteiger partial charge in [-0.25, -0.2) is 19.2 Å². The van der Waals surface area contributed by atoms with Crippen molar-refractivity contribution in [2.24, 2.45) is 0 Å². The van der Waals surface area contributed by atoms with Crippen LogP contribution in [0.3, 0.4) is 0 Å². The molecule has 0 radical (unpaired) electrons. The second-order valence-electron chi connectivity index (χ2n) is 6.89. The van der Waals surface area contributed by atoms with E-state index in [9.17, 15) is 17.6 Å². The van der Waals surface area contributed by atoms with E-state index in [4.69, 9.17) is 19.4 Å². The Morgan fingerprint density at radius 2 is 1.97 bits per heavy atom. The van der Waals surface area contributed by atoms with Crippen LogP contribution in [-0.2, 0) is 20.9 Å². The summed E-state index contributed by atoms with van der Waals surface area (Å²) in [6.07, 6.45) is 2.79. The van der Waals surface area contributed by atoms with Gasteiger partial charge in [0.05, 0.1) is 37.8 Å². The highest BCUT2D eigenvalue weighted by atomic mass is 19.4. The minimum atomic E-state index is -5.08. The molecule has 4 rings (SSSR count). The van der Waals surface area contributed by atoms with Gasteiger partial charge in [0.1, 0.15) is 6.10 Å². The Bertz CT molecular complexity index is 854. The summed E-state index contributed by atoms with van der Waals surface area (Å²) < 4.78 is 57.0. The smallest absolute Gasteiger partial charge is 0.475 e. The maximum atomic E-state index is 13.1. The summed E-state index contributed by atoms with van der Waals surface area (Å²) in [6, 6.07) is 4.03. The molecular weight excluding hydrogens is 424 g/mol. The van der Waals surface area contributed by atoms with Gasteiger partial charge in [-0.1, -0.05) is 6.07 Å². The first-order chi connectivity index (χ1) is 14.8. The predicted octanol–water partition coefficient (Wildman–Crippen LogP) is 2.60. The van der Waals surface area contributed by atoms with Crippen LogP contribution in [0.2, 0.25) is 0 Å². The van der Waals surface area contributed by atoms with Gasteiger partial charge >= 0.3 is 12.1 Å². The third-order valence-electron chi connectivity index (χ3n) is 4.83. The summed E-state index contributed by atoms with van der Waals surface area (Å²) in [7, 11) is 0. The van der Waals surface area contributed by atoms with E-state index in [1.54, 1.807) is 12.4 Å². The summed E-state index contributed by atoms with van der Waals surface area (Å²) in [5.41, 5.74) is 1.03. The van der Waals surface area contributed by atoms with Crippen molar-refractivity contribution in [1.29, 1.82) is 0 Å². The fourth-order valence-electron chi connectivity index (χ4n) is 3.49. The molecule has 2 fully saturated rings. The molecule has 1 aliphatic carbocycles. The third-order valence-corrected chi connectivity index (χ3v) is 4.83. The molecular formula is C19H20F4N4O4. The number of alkyl halides is 3. The molecule has 3 unspecified atom stereocenters. The molecule has 2 aromatic rings. The average molecular weight is 444 g/mol. The number of hydrogen-bond donors (Lipinski definition) is 1. The number of carboxylic acids is 1. The lowest BCUT2D eigenvalue weighted by molar-refractivity contribution is -0.192. The molecule has 168 valence electrons. The molecule has 0 spiro atoms. The zero-order valence-electron chi connectivity index (χ0n) is 16.2. The zero-order valence-corrected chi connectivity index (χ0v) is 16.2. The average Bonchev–Trinajstić information content (AvgIpc) is 3.03. The molecule has 0 aromatic carbocycles. The van der Waals surface area contributed by atoms with Crippen molar-refractivity contribution in [2.75, 3.05) is 18.1 Å². The van der Waals surface area contributed by atoms with Gasteiger partial charge < -0.3 is 19.5 Å². The van der Waals surface area contributed by atoms with Crippen molar-refractivity contribution < 1.29 is 36.9 Å². The fourth-order valence-corrected chi connectivity index (χ4v) is 3.49. The van der Waals surface area contributed by atoms with Crippen LogP contribution in [0.25, 0.3) is 0 Å². The topological polar surface area (TPSA) is 97.7 Å². The Balaban J connectivity index is 0.000000339. The van der Waals surface area contributed by atoms with Crippen molar-refractivity contribution in [1.82, 2.24) is 15.0 Å². The number of carboxylic acid groups (broad SMARTS) is 1. The van der Waals surface area contributed by atoms with Gasteiger partial charge in [0.25, 0.3) is 0 Å². The lowest BCUT2D eigenvalue weighted by Crippen LogP contribution is -2.44. The van der Waals surface area contributed by atoms with Crippen LogP contribution >= 0.6 is 0 Å². The van der Waals surface area contributed by atoms with Crippen molar-refractivity contribution in [3.05, 3.63) is 48.3 Å². The Morgan fingerprint density at radius 1 is 1.26 bits per heavy atom. The molecule has 31 heavy (non-hydrogen) atoms. The van der Waals surface area contributed by atoms with Crippen molar-refractivity contribution in [3.8, 4) is 0 Å². The summed E-state index contributed by atoms with van der Waals surface area (Å²) in [4.78, 5) is 23.4. The number of nitrogens with zero attached hydrogens (tertiary/aromatic N) is 4. The molecule has 1 saturated carbocycles. The summed E-state index contributed by atoms with van der Waals surface area (Å²) in [5.74, 6) is -2.66. The first-order valence-electron chi connectivity index (χ1n) is 9.42. The first kappa shape index (κ1) is 22.8. The van der Waals surface area contributed by atoms with Crippen molar-refractivity contribution in [3.63, 3.8) is 0 Å². The fraction of sp³-hybridized carbons (Fsp3) is 0.474. The first-order valence-corrected chi connectivity index (χ1v) is 9.42. The molecule has 2 bridgehead atoms. The van der Waals surface area contributed by atoms with Gasteiger partial charge in [0.2, 0.25) is 5.95 Å². The maximum absolute atomic E-state index is 13.1. The molecule has 1 aliphatic heterocycles. The molecule has 1 saturated heterocycles. The van der Waals surface area contributed by atoms with Gasteiger partial charge in [-0.15, -0.1) is 0 Å². The van der Waals surface area contributed by atoms with Crippen LogP contribution in [-0.4, -0.2) is 63.6 Å². The zero-order chi connectivity index (χ0) is 22.4. The molecule has 3 atom stereocenters. The monoisotopic (exact) mass is 444 g/mol. The van der Waals surface area contributed by atoms with E-state index >= 15 is 0 Å². The second-order valence-corrected chi connectivity index (χ2v) is 6.89. The molecule has 3 heterocycles. The van der Waals surface area contributed by atoms with Gasteiger partial charge in [-0.05, 0) is 24.5 Å². The largest absolute Gasteiger partial charge is 0.490 e. The third kappa shape index (κ3) is 6.07. The Hall–Kier alpha value is -2.86. The van der Waals surface area contributed by atoms with Gasteiger partial charge in [-0.2, -0.15) is 13.2 Å². The number of ether oxygens (including phenoxy) is 2. The minimum absolute atomic E-state index is 0.0543. The Kier molecular flexibility index (Phi) is 7.33. The number of pyridine rings is 1. The van der Waals surface area contributed by atoms with Crippen LogP contribution in [0.5, 0.6) is 0 Å². The summed E-state index contributed by atoms with van der Waals surface area (Å²) in [6.45, 7) is 1.77. The lowest BCUT2D eigenvalue weighted by Gasteiger charge is -2.31. The maximum Gasteiger partial charge on any atom is 0.490 e. The quantitative estimate of drug-likeness (QED) is 0.719. The van der Waals surface area contributed by atoms with E-state index in [1.807, 2.05) is 12.1 Å². The van der Waals surface area contributed by atoms with Crippen LogP contribution in [0.15, 0.2) is 36.9 Å². The molecule has 2 aliphatic rings.